The van der Waals surface area contributed by atoms with Crippen molar-refractivity contribution in [1.29, 1.82) is 0 Å². The Morgan fingerprint density at radius 2 is 1.89 bits per heavy atom. The highest BCUT2D eigenvalue weighted by molar-refractivity contribution is 7.91. The largest absolute Gasteiger partial charge is 0.365 e. The standard InChI is InChI=1S/C26H28ClN5O3S/c1-16-24(17(2)35-31-16)19-7-8-23-22(14-19)25(28-15-18-5-4-6-20(27)13-18)30-26(29-23)32-11-9-21(10-12-32)36(3,33)34/h4-8,13-14,21H,9-12,15H2,1-3H3,(H,28,29,30). The Hall–Kier alpha value is -3.17. The lowest BCUT2D eigenvalue weighted by molar-refractivity contribution is 0.393. The molecular weight excluding hydrogens is 498 g/mol. The van der Waals surface area contributed by atoms with E-state index in [-0.39, 0.29) is 5.25 Å². The summed E-state index contributed by atoms with van der Waals surface area (Å²) < 4.78 is 29.4. The Balaban J connectivity index is 1.53. The van der Waals surface area contributed by atoms with Crippen LogP contribution in [0.15, 0.2) is 47.0 Å². The highest BCUT2D eigenvalue weighted by Gasteiger charge is 2.28. The maximum absolute atomic E-state index is 12.0. The summed E-state index contributed by atoms with van der Waals surface area (Å²) in [5.74, 6) is 2.05. The van der Waals surface area contributed by atoms with Gasteiger partial charge in [0.15, 0.2) is 0 Å². The third-order valence-electron chi connectivity index (χ3n) is 6.69. The van der Waals surface area contributed by atoms with Crippen LogP contribution in [0.3, 0.4) is 0 Å². The molecule has 0 atom stereocenters. The molecule has 4 aromatic rings. The topological polar surface area (TPSA) is 101 Å². The number of sulfone groups is 1. The zero-order chi connectivity index (χ0) is 25.4. The minimum atomic E-state index is -3.05. The second kappa shape index (κ2) is 9.71. The van der Waals surface area contributed by atoms with Gasteiger partial charge in [0.05, 0.1) is 16.5 Å². The van der Waals surface area contributed by atoms with Crippen LogP contribution in [-0.4, -0.2) is 48.1 Å². The van der Waals surface area contributed by atoms with Gasteiger partial charge in [-0.1, -0.05) is 35.0 Å². The predicted octanol–water partition coefficient (Wildman–Crippen LogP) is 5.18. The van der Waals surface area contributed by atoms with Crippen LogP contribution in [0.2, 0.25) is 5.02 Å². The molecule has 1 fully saturated rings. The Labute approximate surface area is 215 Å². The smallest absolute Gasteiger partial charge is 0.227 e. The van der Waals surface area contributed by atoms with Crippen LogP contribution in [0.4, 0.5) is 11.8 Å². The van der Waals surface area contributed by atoms with Crippen molar-refractivity contribution in [3.63, 3.8) is 0 Å². The first kappa shape index (κ1) is 24.5. The summed E-state index contributed by atoms with van der Waals surface area (Å²) in [6.45, 7) is 5.55. The monoisotopic (exact) mass is 525 g/mol. The molecule has 0 radical (unpaired) electrons. The fraction of sp³-hybridized carbons (Fsp3) is 0.346. The van der Waals surface area contributed by atoms with Gasteiger partial charge in [-0.2, -0.15) is 4.98 Å². The van der Waals surface area contributed by atoms with Crippen molar-refractivity contribution < 1.29 is 12.9 Å². The molecule has 1 aliphatic rings. The summed E-state index contributed by atoms with van der Waals surface area (Å²) >= 11 is 6.18. The van der Waals surface area contributed by atoms with E-state index in [4.69, 9.17) is 26.1 Å². The second-order valence-electron chi connectivity index (χ2n) is 9.30. The van der Waals surface area contributed by atoms with Crippen molar-refractivity contribution in [1.82, 2.24) is 15.1 Å². The lowest BCUT2D eigenvalue weighted by Crippen LogP contribution is -2.39. The van der Waals surface area contributed by atoms with Crippen LogP contribution in [0, 0.1) is 13.8 Å². The van der Waals surface area contributed by atoms with Gasteiger partial charge >= 0.3 is 0 Å². The fourth-order valence-corrected chi connectivity index (χ4v) is 6.04. The molecular formula is C26H28ClN5O3S. The summed E-state index contributed by atoms with van der Waals surface area (Å²) in [4.78, 5) is 11.8. The molecule has 10 heteroatoms. The van der Waals surface area contributed by atoms with Gasteiger partial charge in [-0.25, -0.2) is 13.4 Å². The lowest BCUT2D eigenvalue weighted by atomic mass is 10.0. The van der Waals surface area contributed by atoms with E-state index in [0.717, 1.165) is 39.0 Å². The second-order valence-corrected chi connectivity index (χ2v) is 12.1. The molecule has 5 rings (SSSR count). The highest BCUT2D eigenvalue weighted by Crippen LogP contribution is 2.33. The maximum Gasteiger partial charge on any atom is 0.227 e. The van der Waals surface area contributed by atoms with Crippen LogP contribution in [0.1, 0.15) is 29.9 Å². The minimum Gasteiger partial charge on any atom is -0.365 e. The maximum atomic E-state index is 12.0. The molecule has 0 unspecified atom stereocenters. The molecule has 8 nitrogen and oxygen atoms in total. The number of benzene rings is 2. The van der Waals surface area contributed by atoms with Crippen molar-refractivity contribution in [2.75, 3.05) is 29.6 Å². The summed E-state index contributed by atoms with van der Waals surface area (Å²) in [6.07, 6.45) is 2.45. The van der Waals surface area contributed by atoms with Crippen molar-refractivity contribution in [3.05, 3.63) is 64.5 Å². The zero-order valence-corrected chi connectivity index (χ0v) is 22.0. The summed E-state index contributed by atoms with van der Waals surface area (Å²) in [7, 11) is -3.05. The van der Waals surface area contributed by atoms with Gasteiger partial charge in [0.25, 0.3) is 0 Å². The van der Waals surface area contributed by atoms with Crippen LogP contribution in [0.5, 0.6) is 0 Å². The first-order valence-electron chi connectivity index (χ1n) is 11.9. The molecule has 36 heavy (non-hydrogen) atoms. The molecule has 0 aliphatic carbocycles. The zero-order valence-electron chi connectivity index (χ0n) is 20.5. The molecule has 0 amide bonds. The van der Waals surface area contributed by atoms with Crippen LogP contribution >= 0.6 is 11.6 Å². The highest BCUT2D eigenvalue weighted by atomic mass is 35.5. The van der Waals surface area contributed by atoms with Crippen LogP contribution in [0.25, 0.3) is 22.0 Å². The van der Waals surface area contributed by atoms with Crippen LogP contribution < -0.4 is 10.2 Å². The minimum absolute atomic E-state index is 0.313. The van der Waals surface area contributed by atoms with Gasteiger partial charge in [0.2, 0.25) is 5.95 Å². The number of anilines is 2. The van der Waals surface area contributed by atoms with E-state index in [1.54, 1.807) is 0 Å². The van der Waals surface area contributed by atoms with E-state index >= 15 is 0 Å². The van der Waals surface area contributed by atoms with E-state index in [2.05, 4.69) is 21.4 Å². The summed E-state index contributed by atoms with van der Waals surface area (Å²) in [5.41, 5.74) is 4.60. The normalized spacial score (nSPS) is 14.9. The van der Waals surface area contributed by atoms with E-state index in [0.29, 0.717) is 49.3 Å². The van der Waals surface area contributed by atoms with E-state index < -0.39 is 9.84 Å². The van der Waals surface area contributed by atoms with Crippen molar-refractivity contribution in [3.8, 4) is 11.1 Å². The van der Waals surface area contributed by atoms with Crippen molar-refractivity contribution in [2.45, 2.75) is 38.5 Å². The van der Waals surface area contributed by atoms with Gasteiger partial charge in [-0.15, -0.1) is 0 Å². The van der Waals surface area contributed by atoms with Gasteiger partial charge in [0, 0.05) is 41.9 Å². The van der Waals surface area contributed by atoms with E-state index in [9.17, 15) is 8.42 Å². The van der Waals surface area contributed by atoms with Crippen molar-refractivity contribution >= 4 is 44.1 Å². The average molecular weight is 526 g/mol. The SMILES string of the molecule is Cc1noc(C)c1-c1ccc2nc(N3CCC(S(C)(=O)=O)CC3)nc(NCc3cccc(Cl)c3)c2c1. The molecule has 0 saturated carbocycles. The fourth-order valence-electron chi connectivity index (χ4n) is 4.76. The number of nitrogens with one attached hydrogen (secondary N) is 1. The number of aromatic nitrogens is 3. The Morgan fingerprint density at radius 3 is 2.56 bits per heavy atom. The predicted molar refractivity (Wildman–Crippen MR) is 143 cm³/mol. The van der Waals surface area contributed by atoms with E-state index in [1.165, 1.54) is 6.26 Å². The Morgan fingerprint density at radius 1 is 1.11 bits per heavy atom. The number of fused-ring (bicyclic) bond motifs is 1. The molecule has 3 heterocycles. The third-order valence-corrected chi connectivity index (χ3v) is 8.60. The molecule has 0 bridgehead atoms. The number of piperidine rings is 1. The molecule has 1 saturated heterocycles. The van der Waals surface area contributed by atoms with Gasteiger partial charge in [-0.3, -0.25) is 0 Å². The molecule has 0 spiro atoms. The molecule has 2 aromatic heterocycles. The first-order chi connectivity index (χ1) is 17.2. The number of hydrogen-bond acceptors (Lipinski definition) is 8. The Kier molecular flexibility index (Phi) is 6.61. The van der Waals surface area contributed by atoms with Crippen molar-refractivity contribution in [2.24, 2.45) is 0 Å². The molecule has 1 aliphatic heterocycles. The molecule has 2 aromatic carbocycles. The van der Waals surface area contributed by atoms with Gasteiger partial charge in [-0.05, 0) is 62.1 Å². The number of halogens is 1. The summed E-state index contributed by atoms with van der Waals surface area (Å²) in [5, 5.41) is 8.81. The molecule has 1 N–H and O–H groups in total. The number of nitrogens with zero attached hydrogens (tertiary/aromatic N) is 4. The number of hydrogen-bond donors (Lipinski definition) is 1. The quantitative estimate of drug-likeness (QED) is 0.367. The lowest BCUT2D eigenvalue weighted by Gasteiger charge is -2.31. The van der Waals surface area contributed by atoms with Gasteiger partial charge < -0.3 is 14.7 Å². The Bertz CT molecular complexity index is 1510. The average Bonchev–Trinajstić information content (AvgIpc) is 3.19. The van der Waals surface area contributed by atoms with Crippen LogP contribution in [-0.2, 0) is 16.4 Å². The molecule has 188 valence electrons. The first-order valence-corrected chi connectivity index (χ1v) is 14.2. The third kappa shape index (κ3) is 5.03. The summed E-state index contributed by atoms with van der Waals surface area (Å²) in [6, 6.07) is 13.8. The number of rotatable bonds is 6. The van der Waals surface area contributed by atoms with Gasteiger partial charge in [0.1, 0.15) is 21.4 Å². The number of aryl methyl sites for hydroxylation is 2. The van der Waals surface area contributed by atoms with E-state index in [1.807, 2.05) is 50.2 Å².